The van der Waals surface area contributed by atoms with Gasteiger partial charge < -0.3 is 28.4 Å². The maximum Gasteiger partial charge on any atom is 0.303 e. The van der Waals surface area contributed by atoms with Crippen molar-refractivity contribution in [1.82, 2.24) is 0 Å². The molecule has 11 atom stereocenters. The monoisotopic (exact) mass is 660 g/mol. The molecule has 0 spiro atoms. The van der Waals surface area contributed by atoms with E-state index in [1.807, 2.05) is 6.08 Å². The summed E-state index contributed by atoms with van der Waals surface area (Å²) in [7, 11) is 0. The Hall–Kier alpha value is -3.12. The van der Waals surface area contributed by atoms with Crippen molar-refractivity contribution in [3.05, 3.63) is 11.6 Å². The summed E-state index contributed by atoms with van der Waals surface area (Å²) in [5.74, 6) is -1.55. The first-order valence-electron chi connectivity index (χ1n) is 16.8. The smallest absolute Gasteiger partial charge is 0.303 e. The lowest BCUT2D eigenvalue weighted by molar-refractivity contribution is -0.306. The molecule has 0 aromatic rings. The van der Waals surface area contributed by atoms with Gasteiger partial charge in [-0.05, 0) is 79.6 Å². The molecule has 1 saturated heterocycles. The van der Waals surface area contributed by atoms with Crippen LogP contribution in [0.1, 0.15) is 92.9 Å². The van der Waals surface area contributed by atoms with Crippen molar-refractivity contribution in [2.75, 3.05) is 13.2 Å². The second-order valence-electron chi connectivity index (χ2n) is 14.5. The van der Waals surface area contributed by atoms with E-state index in [2.05, 4.69) is 13.8 Å². The van der Waals surface area contributed by atoms with E-state index in [-0.39, 0.29) is 41.5 Å². The van der Waals surface area contributed by atoms with Gasteiger partial charge in [-0.15, -0.1) is 0 Å². The summed E-state index contributed by atoms with van der Waals surface area (Å²) >= 11 is 0. The highest BCUT2D eigenvalue weighted by Crippen LogP contribution is 2.66. The van der Waals surface area contributed by atoms with Crippen molar-refractivity contribution in [2.45, 2.75) is 124 Å². The largest absolute Gasteiger partial charge is 0.463 e. The third kappa shape index (κ3) is 7.04. The molecule has 1 heterocycles. The van der Waals surface area contributed by atoms with Crippen molar-refractivity contribution in [3.8, 4) is 0 Å². The summed E-state index contributed by atoms with van der Waals surface area (Å²) in [5, 5.41) is 0. The summed E-state index contributed by atoms with van der Waals surface area (Å²) < 4.78 is 33.6. The molecule has 4 fully saturated rings. The van der Waals surface area contributed by atoms with Crippen LogP contribution in [0.2, 0.25) is 0 Å². The number of ketones is 2. The topological polar surface area (TPSA) is 158 Å². The number of esters is 4. The first-order chi connectivity index (χ1) is 22.1. The van der Waals surface area contributed by atoms with Gasteiger partial charge in [0.2, 0.25) is 0 Å². The molecule has 0 N–H and O–H groups in total. The molecule has 0 radical (unpaired) electrons. The quantitative estimate of drug-likeness (QED) is 0.261. The summed E-state index contributed by atoms with van der Waals surface area (Å²) in [5.41, 5.74) is 1.14. The molecular weight excluding hydrogens is 612 g/mol. The van der Waals surface area contributed by atoms with E-state index in [1.165, 1.54) is 12.5 Å². The van der Waals surface area contributed by atoms with Crippen molar-refractivity contribution >= 4 is 35.4 Å². The van der Waals surface area contributed by atoms with E-state index >= 15 is 0 Å². The summed E-state index contributed by atoms with van der Waals surface area (Å²) in [6, 6.07) is 0. The molecule has 0 amide bonds. The Morgan fingerprint density at radius 1 is 0.787 bits per heavy atom. The molecule has 0 aromatic carbocycles. The van der Waals surface area contributed by atoms with Gasteiger partial charge in [0.05, 0.1) is 0 Å². The number of carbonyl (C=O) groups excluding carboxylic acids is 6. The minimum atomic E-state index is -1.39. The number of hydrogen-bond acceptors (Lipinski definition) is 12. The molecule has 12 heteroatoms. The molecule has 11 unspecified atom stereocenters. The van der Waals surface area contributed by atoms with Crippen molar-refractivity contribution in [3.63, 3.8) is 0 Å². The fraction of sp³-hybridized carbons (Fsp3) is 0.771. The Morgan fingerprint density at radius 3 is 2.11 bits per heavy atom. The molecule has 3 saturated carbocycles. The molecule has 5 rings (SSSR count). The molecule has 47 heavy (non-hydrogen) atoms. The zero-order chi connectivity index (χ0) is 34.3. The van der Waals surface area contributed by atoms with Gasteiger partial charge in [0.15, 0.2) is 36.2 Å². The first-order valence-corrected chi connectivity index (χ1v) is 16.8. The molecule has 1 aliphatic heterocycles. The van der Waals surface area contributed by atoms with Crippen molar-refractivity contribution in [1.29, 1.82) is 0 Å². The van der Waals surface area contributed by atoms with Crippen LogP contribution in [0.5, 0.6) is 0 Å². The van der Waals surface area contributed by atoms with Crippen LogP contribution < -0.4 is 0 Å². The number of carbonyl (C=O) groups is 6. The van der Waals surface area contributed by atoms with E-state index in [0.29, 0.717) is 24.2 Å². The zero-order valence-electron chi connectivity index (χ0n) is 28.2. The average molecular weight is 661 g/mol. The molecular formula is C35H48O12. The number of allylic oxidation sites excluding steroid dienone is 1. The van der Waals surface area contributed by atoms with Gasteiger partial charge in [-0.25, -0.2) is 0 Å². The fourth-order valence-electron chi connectivity index (χ4n) is 9.68. The van der Waals surface area contributed by atoms with Crippen molar-refractivity contribution < 1.29 is 57.2 Å². The van der Waals surface area contributed by atoms with Gasteiger partial charge in [-0.1, -0.05) is 19.4 Å². The van der Waals surface area contributed by atoms with Crippen LogP contribution in [0, 0.1) is 34.5 Å². The number of Topliss-reactive ketones (excluding diaryl/α,β-unsaturated/α-hetero) is 1. The predicted octanol–water partition coefficient (Wildman–Crippen LogP) is 3.80. The normalized spacial score (nSPS) is 39.3. The molecule has 12 nitrogen and oxygen atoms in total. The van der Waals surface area contributed by atoms with Crippen LogP contribution in [0.15, 0.2) is 11.6 Å². The van der Waals surface area contributed by atoms with Gasteiger partial charge in [0, 0.05) is 40.0 Å². The van der Waals surface area contributed by atoms with Crippen molar-refractivity contribution in [2.24, 2.45) is 34.5 Å². The van der Waals surface area contributed by atoms with Gasteiger partial charge in [0.1, 0.15) is 19.3 Å². The summed E-state index contributed by atoms with van der Waals surface area (Å²) in [4.78, 5) is 74.1. The molecule has 0 aromatic heterocycles. The molecule has 5 aliphatic rings. The fourth-order valence-corrected chi connectivity index (χ4v) is 9.68. The number of hydrogen-bond donors (Lipinski definition) is 0. The van der Waals surface area contributed by atoms with Gasteiger partial charge in [0.25, 0.3) is 0 Å². The van der Waals surface area contributed by atoms with Gasteiger partial charge in [-0.2, -0.15) is 0 Å². The molecule has 4 aliphatic carbocycles. The second kappa shape index (κ2) is 13.8. The van der Waals surface area contributed by atoms with Crippen LogP contribution >= 0.6 is 0 Å². The van der Waals surface area contributed by atoms with E-state index in [9.17, 15) is 28.8 Å². The lowest BCUT2D eigenvalue weighted by Crippen LogP contribution is -2.63. The lowest BCUT2D eigenvalue weighted by atomic mass is 9.46. The Labute approximate surface area is 275 Å². The highest BCUT2D eigenvalue weighted by Gasteiger charge is 2.60. The SMILES string of the molecule is CC(=O)OCC1OC(OCC(=O)C2CCC3C4CCC5=CC(=O)CCC5(C)C4CCC23C)C(OC(C)=O)C(OC(C)=O)C1OC(C)=O. The van der Waals surface area contributed by atoms with E-state index in [1.54, 1.807) is 0 Å². The molecule has 260 valence electrons. The van der Waals surface area contributed by atoms with Crippen LogP contribution in [-0.2, 0) is 57.2 Å². The third-order valence-electron chi connectivity index (χ3n) is 11.7. The predicted molar refractivity (Wildman–Crippen MR) is 163 cm³/mol. The van der Waals surface area contributed by atoms with E-state index in [0.717, 1.165) is 65.7 Å². The number of rotatable bonds is 9. The summed E-state index contributed by atoms with van der Waals surface area (Å²) in [6.45, 7) is 8.50. The standard InChI is InChI=1S/C35H48O12/c1-18(36)42-17-29-30(44-19(2)37)31(45-20(3)38)32(46-21(4)39)33(47-29)43-16-28(41)27-10-9-25-24-8-7-22-15-23(40)11-13-34(22,5)26(24)12-14-35(25,27)6/h15,24-27,29-33H,7-14,16-17H2,1-6H3. The van der Waals surface area contributed by atoms with E-state index in [4.69, 9.17) is 28.4 Å². The molecule has 0 bridgehead atoms. The van der Waals surface area contributed by atoms with Crippen LogP contribution in [-0.4, -0.2) is 79.4 Å². The first kappa shape index (κ1) is 35.2. The zero-order valence-corrected chi connectivity index (χ0v) is 28.2. The van der Waals surface area contributed by atoms with Gasteiger partial charge in [-0.3, -0.25) is 28.8 Å². The highest BCUT2D eigenvalue weighted by molar-refractivity contribution is 5.91. The Kier molecular flexibility index (Phi) is 10.3. The lowest BCUT2D eigenvalue weighted by Gasteiger charge is -2.58. The Balaban J connectivity index is 1.33. The average Bonchev–Trinajstić information content (AvgIpc) is 3.34. The number of ether oxygens (including phenoxy) is 6. The van der Waals surface area contributed by atoms with Gasteiger partial charge >= 0.3 is 23.9 Å². The van der Waals surface area contributed by atoms with Crippen LogP contribution in [0.25, 0.3) is 0 Å². The van der Waals surface area contributed by atoms with Crippen LogP contribution in [0.4, 0.5) is 0 Å². The minimum Gasteiger partial charge on any atom is -0.463 e. The van der Waals surface area contributed by atoms with E-state index < -0.39 is 54.6 Å². The Morgan fingerprint density at radius 2 is 1.45 bits per heavy atom. The summed E-state index contributed by atoms with van der Waals surface area (Å²) in [6.07, 6.45) is 2.38. The Bertz CT molecular complexity index is 1320. The second-order valence-corrected chi connectivity index (χ2v) is 14.5. The van der Waals surface area contributed by atoms with Crippen LogP contribution in [0.3, 0.4) is 0 Å². The third-order valence-corrected chi connectivity index (χ3v) is 11.7. The highest BCUT2D eigenvalue weighted by atomic mass is 16.7. The minimum absolute atomic E-state index is 0.0402. The maximum absolute atomic E-state index is 14.0. The number of fused-ring (bicyclic) bond motifs is 5. The maximum atomic E-state index is 14.0.